The van der Waals surface area contributed by atoms with Crippen molar-refractivity contribution in [1.29, 1.82) is 0 Å². The van der Waals surface area contributed by atoms with Gasteiger partial charge in [-0.15, -0.1) is 0 Å². The quantitative estimate of drug-likeness (QED) is 0.732. The van der Waals surface area contributed by atoms with Gasteiger partial charge in [0.15, 0.2) is 0 Å². The first-order valence-electron chi connectivity index (χ1n) is 5.60. The Bertz CT molecular complexity index is 573. The Morgan fingerprint density at radius 3 is 2.41 bits per heavy atom. The molecule has 0 saturated heterocycles. The molecule has 0 unspecified atom stereocenters. The second kappa shape index (κ2) is 4.50. The first-order chi connectivity index (χ1) is 8.11. The van der Waals surface area contributed by atoms with Gasteiger partial charge in [-0.3, -0.25) is 9.78 Å². The average Bonchev–Trinajstić information content (AvgIpc) is 2.31. The van der Waals surface area contributed by atoms with E-state index in [0.29, 0.717) is 0 Å². The van der Waals surface area contributed by atoms with Crippen molar-refractivity contribution in [1.82, 2.24) is 4.98 Å². The number of rotatable bonds is 2. The van der Waals surface area contributed by atoms with Crippen LogP contribution in [0.15, 0.2) is 30.6 Å². The van der Waals surface area contributed by atoms with Gasteiger partial charge in [-0.1, -0.05) is 6.07 Å². The predicted octanol–water partition coefficient (Wildman–Crippen LogP) is 3.49. The third-order valence-corrected chi connectivity index (χ3v) is 2.93. The number of nitrogens with zero attached hydrogens (tertiary/aromatic N) is 1. The highest BCUT2D eigenvalue weighted by Gasteiger charge is 2.06. The van der Waals surface area contributed by atoms with Crippen LogP contribution in [-0.2, 0) is 0 Å². The molecule has 1 aromatic carbocycles. The van der Waals surface area contributed by atoms with Crippen molar-refractivity contribution in [2.75, 3.05) is 0 Å². The Kier molecular flexibility index (Phi) is 3.05. The standard InChI is InChI=1S/C15H15NO/c1-10-4-13(8-16-7-10)15-6-11(2)14(9-17)5-12(15)3/h4-9H,1-3H3. The minimum Gasteiger partial charge on any atom is -0.298 e. The number of carbonyl (C=O) groups excluding carboxylic acids is 1. The summed E-state index contributed by atoms with van der Waals surface area (Å²) in [4.78, 5) is 15.1. The van der Waals surface area contributed by atoms with Crippen molar-refractivity contribution in [3.05, 3.63) is 52.8 Å². The first kappa shape index (κ1) is 11.5. The molecular weight excluding hydrogens is 210 g/mol. The summed E-state index contributed by atoms with van der Waals surface area (Å²) in [6, 6.07) is 6.09. The predicted molar refractivity (Wildman–Crippen MR) is 69.3 cm³/mol. The number of aldehydes is 1. The zero-order chi connectivity index (χ0) is 12.4. The molecule has 17 heavy (non-hydrogen) atoms. The van der Waals surface area contributed by atoms with Crippen LogP contribution in [0.5, 0.6) is 0 Å². The van der Waals surface area contributed by atoms with Gasteiger partial charge in [-0.2, -0.15) is 0 Å². The van der Waals surface area contributed by atoms with Crippen molar-refractivity contribution < 1.29 is 4.79 Å². The normalized spacial score (nSPS) is 10.3. The molecule has 0 amide bonds. The van der Waals surface area contributed by atoms with Crippen LogP contribution in [0.1, 0.15) is 27.0 Å². The van der Waals surface area contributed by atoms with Gasteiger partial charge < -0.3 is 0 Å². The van der Waals surface area contributed by atoms with Crippen LogP contribution in [0.4, 0.5) is 0 Å². The average molecular weight is 225 g/mol. The summed E-state index contributed by atoms with van der Waals surface area (Å²) in [6.45, 7) is 6.00. The molecule has 0 aliphatic carbocycles. The van der Waals surface area contributed by atoms with Crippen molar-refractivity contribution in [3.63, 3.8) is 0 Å². The lowest BCUT2D eigenvalue weighted by atomic mass is 9.96. The van der Waals surface area contributed by atoms with Gasteiger partial charge in [-0.25, -0.2) is 0 Å². The molecule has 0 saturated carbocycles. The Hall–Kier alpha value is -1.96. The largest absolute Gasteiger partial charge is 0.298 e. The fourth-order valence-corrected chi connectivity index (χ4v) is 1.98. The molecule has 0 N–H and O–H groups in total. The number of hydrogen-bond donors (Lipinski definition) is 0. The van der Waals surface area contributed by atoms with Gasteiger partial charge in [0.25, 0.3) is 0 Å². The third-order valence-electron chi connectivity index (χ3n) is 2.93. The maximum atomic E-state index is 10.9. The zero-order valence-corrected chi connectivity index (χ0v) is 10.3. The lowest BCUT2D eigenvalue weighted by Crippen LogP contribution is -1.92. The summed E-state index contributed by atoms with van der Waals surface area (Å²) in [5.74, 6) is 0. The lowest BCUT2D eigenvalue weighted by molar-refractivity contribution is 0.112. The number of hydrogen-bond acceptors (Lipinski definition) is 2. The Morgan fingerprint density at radius 2 is 1.76 bits per heavy atom. The zero-order valence-electron chi connectivity index (χ0n) is 10.3. The van der Waals surface area contributed by atoms with Crippen LogP contribution < -0.4 is 0 Å². The van der Waals surface area contributed by atoms with Gasteiger partial charge in [0.2, 0.25) is 0 Å². The van der Waals surface area contributed by atoms with E-state index in [1.807, 2.05) is 39.2 Å². The Balaban J connectivity index is 2.60. The molecule has 1 heterocycles. The van der Waals surface area contributed by atoms with E-state index in [4.69, 9.17) is 0 Å². The highest BCUT2D eigenvalue weighted by molar-refractivity contribution is 5.81. The number of aromatic nitrogens is 1. The molecule has 2 nitrogen and oxygen atoms in total. The fourth-order valence-electron chi connectivity index (χ4n) is 1.98. The van der Waals surface area contributed by atoms with E-state index in [1.54, 1.807) is 0 Å². The Labute approximate surface area is 101 Å². The molecular formula is C15H15NO. The van der Waals surface area contributed by atoms with Gasteiger partial charge in [-0.05, 0) is 55.2 Å². The van der Waals surface area contributed by atoms with Gasteiger partial charge >= 0.3 is 0 Å². The highest BCUT2D eigenvalue weighted by Crippen LogP contribution is 2.26. The summed E-state index contributed by atoms with van der Waals surface area (Å²) in [5, 5.41) is 0. The van der Waals surface area contributed by atoms with E-state index in [9.17, 15) is 4.79 Å². The molecule has 2 heteroatoms. The maximum Gasteiger partial charge on any atom is 0.150 e. The number of benzene rings is 1. The molecule has 0 bridgehead atoms. The van der Waals surface area contributed by atoms with E-state index >= 15 is 0 Å². The van der Waals surface area contributed by atoms with Gasteiger partial charge in [0.1, 0.15) is 6.29 Å². The van der Waals surface area contributed by atoms with E-state index in [1.165, 1.54) is 0 Å². The van der Waals surface area contributed by atoms with Crippen LogP contribution >= 0.6 is 0 Å². The first-order valence-corrected chi connectivity index (χ1v) is 5.60. The van der Waals surface area contributed by atoms with E-state index in [2.05, 4.69) is 17.1 Å². The van der Waals surface area contributed by atoms with E-state index in [0.717, 1.165) is 39.7 Å². The number of aryl methyl sites for hydroxylation is 3. The van der Waals surface area contributed by atoms with E-state index in [-0.39, 0.29) is 0 Å². The smallest absolute Gasteiger partial charge is 0.150 e. The summed E-state index contributed by atoms with van der Waals surface area (Å²) in [5.41, 5.74) is 6.24. The summed E-state index contributed by atoms with van der Waals surface area (Å²) < 4.78 is 0. The number of pyridine rings is 1. The monoisotopic (exact) mass is 225 g/mol. The highest BCUT2D eigenvalue weighted by atomic mass is 16.1. The second-order valence-corrected chi connectivity index (χ2v) is 4.39. The Morgan fingerprint density at radius 1 is 1.00 bits per heavy atom. The molecule has 1 aromatic heterocycles. The minimum atomic E-state index is 0.756. The van der Waals surface area contributed by atoms with Crippen molar-refractivity contribution >= 4 is 6.29 Å². The SMILES string of the molecule is Cc1cncc(-c2cc(C)c(C=O)cc2C)c1. The molecule has 0 aliphatic heterocycles. The fraction of sp³-hybridized carbons (Fsp3) is 0.200. The molecule has 0 radical (unpaired) electrons. The molecule has 0 fully saturated rings. The summed E-state index contributed by atoms with van der Waals surface area (Å²) in [6.07, 6.45) is 4.60. The van der Waals surface area contributed by atoms with Crippen molar-refractivity contribution in [3.8, 4) is 11.1 Å². The molecule has 0 atom stereocenters. The molecule has 0 aliphatic rings. The maximum absolute atomic E-state index is 10.9. The summed E-state index contributed by atoms with van der Waals surface area (Å²) in [7, 11) is 0. The number of carbonyl (C=O) groups is 1. The van der Waals surface area contributed by atoms with Crippen LogP contribution in [0.3, 0.4) is 0 Å². The summed E-state index contributed by atoms with van der Waals surface area (Å²) >= 11 is 0. The molecule has 2 rings (SSSR count). The second-order valence-electron chi connectivity index (χ2n) is 4.39. The molecule has 86 valence electrons. The van der Waals surface area contributed by atoms with Crippen molar-refractivity contribution in [2.24, 2.45) is 0 Å². The van der Waals surface area contributed by atoms with Crippen LogP contribution in [0, 0.1) is 20.8 Å². The van der Waals surface area contributed by atoms with Gasteiger partial charge in [0, 0.05) is 23.5 Å². The molecule has 2 aromatic rings. The topological polar surface area (TPSA) is 30.0 Å². The van der Waals surface area contributed by atoms with Crippen LogP contribution in [-0.4, -0.2) is 11.3 Å². The minimum absolute atomic E-state index is 0.756. The molecule has 0 spiro atoms. The van der Waals surface area contributed by atoms with E-state index < -0.39 is 0 Å². The third kappa shape index (κ3) is 2.26. The van der Waals surface area contributed by atoms with Crippen molar-refractivity contribution in [2.45, 2.75) is 20.8 Å². The lowest BCUT2D eigenvalue weighted by Gasteiger charge is -2.09. The van der Waals surface area contributed by atoms with Crippen LogP contribution in [0.2, 0.25) is 0 Å². The van der Waals surface area contributed by atoms with Gasteiger partial charge in [0.05, 0.1) is 0 Å². The van der Waals surface area contributed by atoms with Crippen LogP contribution in [0.25, 0.3) is 11.1 Å².